The topological polar surface area (TPSA) is 55.6 Å². The summed E-state index contributed by atoms with van der Waals surface area (Å²) in [4.78, 5) is 14.4. The monoisotopic (exact) mass is 206 g/mol. The van der Waals surface area contributed by atoms with Crippen LogP contribution in [-0.4, -0.2) is 15.9 Å². The van der Waals surface area contributed by atoms with Crippen LogP contribution >= 0.6 is 23.4 Å². The predicted molar refractivity (Wildman–Crippen MR) is 49.9 cm³/mol. The van der Waals surface area contributed by atoms with Gasteiger partial charge in [0.25, 0.3) is 0 Å². The van der Waals surface area contributed by atoms with E-state index in [9.17, 15) is 4.79 Å². The van der Waals surface area contributed by atoms with E-state index >= 15 is 0 Å². The molecule has 0 aromatic carbocycles. The Morgan fingerprint density at radius 1 is 1.92 bits per heavy atom. The van der Waals surface area contributed by atoms with Crippen molar-refractivity contribution >= 4 is 34.4 Å². The number of nitrogens with zero attached hydrogens (tertiary/aromatic N) is 2. The number of carbonyl (C=O) groups is 1. The number of aliphatic imine (C=N–C) groups is 1. The second-order valence-electron chi connectivity index (χ2n) is 2.21. The van der Waals surface area contributed by atoms with Crippen molar-refractivity contribution < 1.29 is 4.79 Å². The smallest absolute Gasteiger partial charge is 0.248 e. The summed E-state index contributed by atoms with van der Waals surface area (Å²) in [6, 6.07) is 0. The van der Waals surface area contributed by atoms with Gasteiger partial charge in [0, 0.05) is 6.42 Å². The van der Waals surface area contributed by atoms with Crippen molar-refractivity contribution in [3.63, 3.8) is 0 Å². The number of nitrogens with one attached hydrogen (secondary N) is 1. The number of alkyl halides is 1. The van der Waals surface area contributed by atoms with Gasteiger partial charge in [0.15, 0.2) is 4.83 Å². The fourth-order valence-corrected chi connectivity index (χ4v) is 1.52. The lowest BCUT2D eigenvalue weighted by Gasteiger charge is -1.91. The zero-order valence-corrected chi connectivity index (χ0v) is 8.15. The molecule has 1 N–H and O–H groups in total. The molecule has 1 heterocycles. The van der Waals surface area contributed by atoms with E-state index in [-0.39, 0.29) is 10.7 Å². The van der Waals surface area contributed by atoms with Gasteiger partial charge in [-0.25, -0.2) is 0 Å². The molecule has 12 heavy (non-hydrogen) atoms. The first kappa shape index (κ1) is 9.83. The lowest BCUT2D eigenvalue weighted by Crippen LogP contribution is -2.21. The fourth-order valence-electron chi connectivity index (χ4n) is 0.679. The standard InChI is InChI=1S/C6H9ClN3OS/c1-2-3-4(11)8-6-10-9-5(7)12-6/h5,9H,2-3H2,1H3. The summed E-state index contributed by atoms with van der Waals surface area (Å²) in [6.45, 7) is 1.93. The normalized spacial score (nSPS) is 25.8. The van der Waals surface area contributed by atoms with Crippen LogP contribution in [0.2, 0.25) is 0 Å². The maximum Gasteiger partial charge on any atom is 0.248 e. The number of rotatable bonds is 2. The Bertz CT molecular complexity index is 209. The number of halogens is 1. The van der Waals surface area contributed by atoms with E-state index in [1.54, 1.807) is 0 Å². The van der Waals surface area contributed by atoms with E-state index in [0.717, 1.165) is 6.42 Å². The fraction of sp³-hybridized carbons (Fsp3) is 0.667. The highest BCUT2D eigenvalue weighted by molar-refractivity contribution is 8.15. The first-order valence-corrected chi connectivity index (χ1v) is 4.92. The molecular weight excluding hydrogens is 198 g/mol. The molecule has 1 rings (SSSR count). The third kappa shape index (κ3) is 3.00. The quantitative estimate of drug-likeness (QED) is 0.543. The zero-order valence-electron chi connectivity index (χ0n) is 6.58. The highest BCUT2D eigenvalue weighted by atomic mass is 35.5. The van der Waals surface area contributed by atoms with E-state index in [1.807, 2.05) is 6.92 Å². The van der Waals surface area contributed by atoms with Crippen molar-refractivity contribution in [3.8, 4) is 0 Å². The molecule has 6 heteroatoms. The minimum Gasteiger partial charge on any atom is -0.273 e. The highest BCUT2D eigenvalue weighted by Gasteiger charge is 2.20. The maximum absolute atomic E-state index is 11.0. The molecule has 1 aliphatic heterocycles. The third-order valence-electron chi connectivity index (χ3n) is 1.15. The number of hydrogen-bond acceptors (Lipinski definition) is 3. The van der Waals surface area contributed by atoms with Gasteiger partial charge in [-0.15, -0.1) is 0 Å². The summed E-state index contributed by atoms with van der Waals surface area (Å²) < 4.78 is 0. The number of amides is 1. The second-order valence-corrected chi connectivity index (χ2v) is 3.98. The Hall–Kier alpha value is -0.260. The van der Waals surface area contributed by atoms with Crippen LogP contribution < -0.4 is 10.9 Å². The van der Waals surface area contributed by atoms with Crippen molar-refractivity contribution in [2.75, 3.05) is 0 Å². The van der Waals surface area contributed by atoms with E-state index in [2.05, 4.69) is 15.8 Å². The summed E-state index contributed by atoms with van der Waals surface area (Å²) in [7, 11) is 0. The van der Waals surface area contributed by atoms with Gasteiger partial charge in [-0.2, -0.15) is 15.8 Å². The van der Waals surface area contributed by atoms with Crippen LogP contribution in [0.5, 0.6) is 0 Å². The van der Waals surface area contributed by atoms with Gasteiger partial charge >= 0.3 is 0 Å². The van der Waals surface area contributed by atoms with Crippen LogP contribution in [0.25, 0.3) is 0 Å². The predicted octanol–water partition coefficient (Wildman–Crippen LogP) is 1.05. The van der Waals surface area contributed by atoms with Gasteiger partial charge in [-0.1, -0.05) is 18.5 Å². The van der Waals surface area contributed by atoms with E-state index in [1.165, 1.54) is 11.8 Å². The Balaban J connectivity index is 2.41. The molecule has 1 radical (unpaired) electrons. The molecule has 0 aliphatic carbocycles. The van der Waals surface area contributed by atoms with Crippen LogP contribution in [0.4, 0.5) is 0 Å². The van der Waals surface area contributed by atoms with Crippen molar-refractivity contribution in [3.05, 3.63) is 0 Å². The van der Waals surface area contributed by atoms with Gasteiger partial charge in [0.05, 0.1) is 0 Å². The Labute approximate surface area is 80.1 Å². The summed E-state index contributed by atoms with van der Waals surface area (Å²) in [6.07, 6.45) is 1.27. The molecule has 0 aromatic rings. The van der Waals surface area contributed by atoms with Crippen molar-refractivity contribution in [1.29, 1.82) is 0 Å². The average Bonchev–Trinajstić information content (AvgIpc) is 2.36. The van der Waals surface area contributed by atoms with Crippen molar-refractivity contribution in [2.45, 2.75) is 24.6 Å². The van der Waals surface area contributed by atoms with Gasteiger partial charge in [-0.05, 0) is 18.2 Å². The zero-order chi connectivity index (χ0) is 8.97. The Kier molecular flexibility index (Phi) is 3.84. The highest BCUT2D eigenvalue weighted by Crippen LogP contribution is 2.18. The van der Waals surface area contributed by atoms with Crippen LogP contribution in [-0.2, 0) is 4.79 Å². The molecule has 4 nitrogen and oxygen atoms in total. The number of amidine groups is 1. The van der Waals surface area contributed by atoms with Gasteiger partial charge in [0.1, 0.15) is 0 Å². The van der Waals surface area contributed by atoms with Crippen molar-refractivity contribution in [2.24, 2.45) is 4.99 Å². The van der Waals surface area contributed by atoms with Crippen molar-refractivity contribution in [1.82, 2.24) is 10.9 Å². The Morgan fingerprint density at radius 2 is 2.67 bits per heavy atom. The molecule has 67 valence electrons. The Morgan fingerprint density at radius 3 is 3.17 bits per heavy atom. The molecule has 1 fully saturated rings. The summed E-state index contributed by atoms with van der Waals surface area (Å²) in [5.74, 6) is -0.142. The molecule has 0 saturated carbocycles. The minimum atomic E-state index is -0.293. The van der Waals surface area contributed by atoms with E-state index < -0.39 is 0 Å². The molecule has 0 bridgehead atoms. The molecule has 0 spiro atoms. The summed E-state index contributed by atoms with van der Waals surface area (Å²) in [5, 5.41) is 0.424. The maximum atomic E-state index is 11.0. The first-order chi connectivity index (χ1) is 5.72. The van der Waals surface area contributed by atoms with Gasteiger partial charge < -0.3 is 0 Å². The lowest BCUT2D eigenvalue weighted by atomic mass is 10.3. The van der Waals surface area contributed by atoms with Gasteiger partial charge in [0.2, 0.25) is 11.1 Å². The lowest BCUT2D eigenvalue weighted by molar-refractivity contribution is -0.117. The molecule has 1 atom stereocenters. The molecule has 1 amide bonds. The van der Waals surface area contributed by atoms with Crippen LogP contribution in [0.3, 0.4) is 0 Å². The van der Waals surface area contributed by atoms with Crippen LogP contribution in [0.1, 0.15) is 19.8 Å². The number of hydrogen-bond donors (Lipinski definition) is 1. The van der Waals surface area contributed by atoms with E-state index in [0.29, 0.717) is 11.6 Å². The van der Waals surface area contributed by atoms with E-state index in [4.69, 9.17) is 11.6 Å². The SMILES string of the molecule is CCCC(=O)N=C1[N]NC(Cl)S1. The second kappa shape index (κ2) is 4.69. The molecule has 1 unspecified atom stereocenters. The largest absolute Gasteiger partial charge is 0.273 e. The van der Waals surface area contributed by atoms with Crippen LogP contribution in [0, 0.1) is 0 Å². The number of carbonyl (C=O) groups excluding carboxylic acids is 1. The summed E-state index contributed by atoms with van der Waals surface area (Å²) in [5.41, 5.74) is 6.34. The molecule has 1 aliphatic rings. The number of thioether (sulfide) groups is 1. The average molecular weight is 207 g/mol. The third-order valence-corrected chi connectivity index (χ3v) is 2.23. The minimum absolute atomic E-state index is 0.142. The summed E-state index contributed by atoms with van der Waals surface area (Å²) >= 11 is 6.87. The molecule has 0 aromatic heterocycles. The van der Waals surface area contributed by atoms with Gasteiger partial charge in [-0.3, -0.25) is 4.79 Å². The molecule has 1 saturated heterocycles. The molecular formula is C6H9ClN3OS. The first-order valence-electron chi connectivity index (χ1n) is 3.61. The van der Waals surface area contributed by atoms with Crippen LogP contribution in [0.15, 0.2) is 4.99 Å².